The summed E-state index contributed by atoms with van der Waals surface area (Å²) >= 11 is 0. The van der Waals surface area contributed by atoms with Gasteiger partial charge in [-0.05, 0) is 19.8 Å². The van der Waals surface area contributed by atoms with Gasteiger partial charge in [0.2, 0.25) is 0 Å². The van der Waals surface area contributed by atoms with Gasteiger partial charge in [0, 0.05) is 25.1 Å². The topological polar surface area (TPSA) is 30.5 Å². The molecule has 1 atom stereocenters. The van der Waals surface area contributed by atoms with E-state index in [9.17, 15) is 0 Å². The zero-order valence-corrected chi connectivity index (χ0v) is 9.76. The molecule has 1 spiro atoms. The highest BCUT2D eigenvalue weighted by Gasteiger charge is 2.36. The smallest absolute Gasteiger partial charge is 0.0932 e. The van der Waals surface area contributed by atoms with Crippen LogP contribution in [0.25, 0.3) is 0 Å². The minimum Gasteiger partial charge on any atom is -0.379 e. The molecule has 3 heteroatoms. The summed E-state index contributed by atoms with van der Waals surface area (Å²) in [5.74, 6) is 0. The molecule has 1 heterocycles. The molecule has 0 aromatic heterocycles. The Labute approximate surface area is 92.5 Å². The van der Waals surface area contributed by atoms with Gasteiger partial charge in [0.15, 0.2) is 0 Å². The van der Waals surface area contributed by atoms with Gasteiger partial charge in [-0.3, -0.25) is 0 Å². The first-order chi connectivity index (χ1) is 7.35. The number of hydrogen-bond acceptors (Lipinski definition) is 3. The Morgan fingerprint density at radius 1 is 1.40 bits per heavy atom. The van der Waals surface area contributed by atoms with Crippen LogP contribution < -0.4 is 5.32 Å². The van der Waals surface area contributed by atoms with Gasteiger partial charge in [-0.1, -0.05) is 12.8 Å². The van der Waals surface area contributed by atoms with E-state index >= 15 is 0 Å². The van der Waals surface area contributed by atoms with E-state index in [1.54, 1.807) is 0 Å². The maximum absolute atomic E-state index is 5.96. The lowest BCUT2D eigenvalue weighted by atomic mass is 9.87. The molecule has 2 fully saturated rings. The van der Waals surface area contributed by atoms with Crippen LogP contribution in [0.3, 0.4) is 0 Å². The first-order valence-corrected chi connectivity index (χ1v) is 6.25. The molecule has 1 saturated heterocycles. The van der Waals surface area contributed by atoms with Crippen molar-refractivity contribution in [1.82, 2.24) is 5.32 Å². The molecule has 2 rings (SSSR count). The van der Waals surface area contributed by atoms with Gasteiger partial charge in [0.1, 0.15) is 0 Å². The Kier molecular flexibility index (Phi) is 4.00. The van der Waals surface area contributed by atoms with Crippen molar-refractivity contribution in [3.05, 3.63) is 0 Å². The third-order valence-corrected chi connectivity index (χ3v) is 3.67. The summed E-state index contributed by atoms with van der Waals surface area (Å²) in [4.78, 5) is 0. The Balaban J connectivity index is 1.81. The minimum absolute atomic E-state index is 0.255. The van der Waals surface area contributed by atoms with Crippen molar-refractivity contribution in [2.75, 3.05) is 32.9 Å². The van der Waals surface area contributed by atoms with Crippen LogP contribution in [0.15, 0.2) is 0 Å². The number of ether oxygens (including phenoxy) is 2. The SMILES string of the molecule is CCOCC1CNCC2(CCCC2)CO1. The molecule has 0 radical (unpaired) electrons. The van der Waals surface area contributed by atoms with Crippen LogP contribution in [0.2, 0.25) is 0 Å². The Morgan fingerprint density at radius 3 is 2.93 bits per heavy atom. The summed E-state index contributed by atoms with van der Waals surface area (Å²) in [6.07, 6.45) is 5.68. The Morgan fingerprint density at radius 2 is 2.20 bits per heavy atom. The third-order valence-electron chi connectivity index (χ3n) is 3.67. The largest absolute Gasteiger partial charge is 0.379 e. The fourth-order valence-corrected chi connectivity index (χ4v) is 2.71. The lowest BCUT2D eigenvalue weighted by molar-refractivity contribution is -0.0297. The molecule has 3 nitrogen and oxygen atoms in total. The second-order valence-electron chi connectivity index (χ2n) is 4.93. The second-order valence-corrected chi connectivity index (χ2v) is 4.93. The van der Waals surface area contributed by atoms with Gasteiger partial charge >= 0.3 is 0 Å². The van der Waals surface area contributed by atoms with Crippen molar-refractivity contribution in [1.29, 1.82) is 0 Å². The molecule has 1 aliphatic carbocycles. The number of nitrogens with one attached hydrogen (secondary N) is 1. The summed E-state index contributed by atoms with van der Waals surface area (Å²) < 4.78 is 11.4. The predicted molar refractivity (Wildman–Crippen MR) is 60.0 cm³/mol. The van der Waals surface area contributed by atoms with Crippen molar-refractivity contribution < 1.29 is 9.47 Å². The molecule has 0 bridgehead atoms. The van der Waals surface area contributed by atoms with Crippen molar-refractivity contribution in [2.24, 2.45) is 5.41 Å². The molecular formula is C12H23NO2. The maximum atomic E-state index is 5.96. The highest BCUT2D eigenvalue weighted by Crippen LogP contribution is 2.38. The number of hydrogen-bond donors (Lipinski definition) is 1. The van der Waals surface area contributed by atoms with E-state index in [0.29, 0.717) is 5.41 Å². The fourth-order valence-electron chi connectivity index (χ4n) is 2.71. The van der Waals surface area contributed by atoms with Gasteiger partial charge in [0.25, 0.3) is 0 Å². The molecule has 1 saturated carbocycles. The van der Waals surface area contributed by atoms with Crippen molar-refractivity contribution in [3.8, 4) is 0 Å². The molecule has 88 valence electrons. The van der Waals surface area contributed by atoms with E-state index in [0.717, 1.165) is 32.9 Å². The van der Waals surface area contributed by atoms with Crippen molar-refractivity contribution in [2.45, 2.75) is 38.7 Å². The molecular weight excluding hydrogens is 190 g/mol. The average molecular weight is 213 g/mol. The molecule has 2 aliphatic rings. The standard InChI is InChI=1S/C12H23NO2/c1-2-14-8-11-7-13-9-12(10-15-11)5-3-4-6-12/h11,13H,2-10H2,1H3. The molecule has 1 aliphatic heterocycles. The van der Waals surface area contributed by atoms with E-state index in [4.69, 9.17) is 9.47 Å². The molecule has 0 amide bonds. The monoisotopic (exact) mass is 213 g/mol. The number of rotatable bonds is 3. The third kappa shape index (κ3) is 2.92. The van der Waals surface area contributed by atoms with Crippen LogP contribution in [0, 0.1) is 5.41 Å². The van der Waals surface area contributed by atoms with Crippen molar-refractivity contribution in [3.63, 3.8) is 0 Å². The molecule has 1 unspecified atom stereocenters. The summed E-state index contributed by atoms with van der Waals surface area (Å²) in [5.41, 5.74) is 0.445. The van der Waals surface area contributed by atoms with Gasteiger partial charge in [0.05, 0.1) is 19.3 Å². The zero-order chi connectivity index (χ0) is 10.6. The molecule has 15 heavy (non-hydrogen) atoms. The normalized spacial score (nSPS) is 30.6. The summed E-state index contributed by atoms with van der Waals surface area (Å²) in [7, 11) is 0. The van der Waals surface area contributed by atoms with Gasteiger partial charge < -0.3 is 14.8 Å². The fraction of sp³-hybridized carbons (Fsp3) is 1.00. The van der Waals surface area contributed by atoms with E-state index in [1.165, 1.54) is 25.7 Å². The lowest BCUT2D eigenvalue weighted by Crippen LogP contribution is -2.33. The maximum Gasteiger partial charge on any atom is 0.0932 e. The van der Waals surface area contributed by atoms with Crippen LogP contribution in [0.1, 0.15) is 32.6 Å². The quantitative estimate of drug-likeness (QED) is 0.772. The van der Waals surface area contributed by atoms with Gasteiger partial charge in [-0.15, -0.1) is 0 Å². The molecule has 1 N–H and O–H groups in total. The Hall–Kier alpha value is -0.120. The first kappa shape index (κ1) is 11.4. The van der Waals surface area contributed by atoms with E-state index in [2.05, 4.69) is 5.32 Å². The van der Waals surface area contributed by atoms with Gasteiger partial charge in [-0.2, -0.15) is 0 Å². The summed E-state index contributed by atoms with van der Waals surface area (Å²) in [6, 6.07) is 0. The van der Waals surface area contributed by atoms with Crippen LogP contribution >= 0.6 is 0 Å². The Bertz CT molecular complexity index is 190. The molecule has 0 aromatic rings. The van der Waals surface area contributed by atoms with E-state index in [-0.39, 0.29) is 6.10 Å². The van der Waals surface area contributed by atoms with Crippen LogP contribution in [0.5, 0.6) is 0 Å². The van der Waals surface area contributed by atoms with Crippen LogP contribution in [-0.4, -0.2) is 39.0 Å². The van der Waals surface area contributed by atoms with E-state index in [1.807, 2.05) is 6.92 Å². The average Bonchev–Trinajstić information content (AvgIpc) is 2.60. The summed E-state index contributed by atoms with van der Waals surface area (Å²) in [5, 5.41) is 3.53. The van der Waals surface area contributed by atoms with Crippen molar-refractivity contribution >= 4 is 0 Å². The first-order valence-electron chi connectivity index (χ1n) is 6.25. The second kappa shape index (κ2) is 5.28. The zero-order valence-electron chi connectivity index (χ0n) is 9.76. The minimum atomic E-state index is 0.255. The lowest BCUT2D eigenvalue weighted by Gasteiger charge is -2.26. The highest BCUT2D eigenvalue weighted by molar-refractivity contribution is 4.89. The van der Waals surface area contributed by atoms with Crippen LogP contribution in [-0.2, 0) is 9.47 Å². The van der Waals surface area contributed by atoms with Crippen LogP contribution in [0.4, 0.5) is 0 Å². The predicted octanol–water partition coefficient (Wildman–Crippen LogP) is 1.57. The van der Waals surface area contributed by atoms with E-state index < -0.39 is 0 Å². The van der Waals surface area contributed by atoms with Gasteiger partial charge in [-0.25, -0.2) is 0 Å². The highest BCUT2D eigenvalue weighted by atomic mass is 16.5. The summed E-state index contributed by atoms with van der Waals surface area (Å²) in [6.45, 7) is 6.56. The molecule has 0 aromatic carbocycles.